The quantitative estimate of drug-likeness (QED) is 0.752. The molecule has 0 saturated heterocycles. The molecule has 102 valence electrons. The second-order valence-electron chi connectivity index (χ2n) is 4.33. The molecule has 0 aliphatic rings. The molecule has 0 amide bonds. The minimum Gasteiger partial charge on any atom is -0.326 e. The van der Waals surface area contributed by atoms with E-state index in [4.69, 9.17) is 17.3 Å². The Morgan fingerprint density at radius 1 is 1.20 bits per heavy atom. The standard InChI is InChI=1S/C14H13ClN4S/c15-12-7-10(8-16)4-5-11(12)9-20-14-18-17-13-3-1-2-6-19(13)14/h1-7H,8-9,16H2. The Bertz CT molecular complexity index is 741. The molecule has 0 fully saturated rings. The third kappa shape index (κ3) is 2.65. The molecule has 2 N–H and O–H groups in total. The molecule has 0 aliphatic carbocycles. The highest BCUT2D eigenvalue weighted by Crippen LogP contribution is 2.26. The van der Waals surface area contributed by atoms with E-state index in [9.17, 15) is 0 Å². The molecule has 2 heterocycles. The molecule has 0 atom stereocenters. The van der Waals surface area contributed by atoms with Crippen LogP contribution in [0, 0.1) is 0 Å². The van der Waals surface area contributed by atoms with Crippen LogP contribution in [-0.4, -0.2) is 14.6 Å². The van der Waals surface area contributed by atoms with Crippen molar-refractivity contribution in [2.75, 3.05) is 0 Å². The topological polar surface area (TPSA) is 56.2 Å². The summed E-state index contributed by atoms with van der Waals surface area (Å²) in [5, 5.41) is 9.92. The lowest BCUT2D eigenvalue weighted by atomic mass is 10.1. The van der Waals surface area contributed by atoms with Gasteiger partial charge in [0.25, 0.3) is 0 Å². The molecule has 1 aromatic carbocycles. The Balaban J connectivity index is 1.79. The summed E-state index contributed by atoms with van der Waals surface area (Å²) in [5.41, 5.74) is 8.55. The number of hydrogen-bond acceptors (Lipinski definition) is 4. The van der Waals surface area contributed by atoms with Gasteiger partial charge in [0, 0.05) is 23.5 Å². The van der Waals surface area contributed by atoms with E-state index in [1.54, 1.807) is 11.8 Å². The highest BCUT2D eigenvalue weighted by Gasteiger charge is 2.07. The predicted octanol–water partition coefficient (Wildman–Crippen LogP) is 3.13. The first-order valence-corrected chi connectivity index (χ1v) is 7.54. The molecule has 20 heavy (non-hydrogen) atoms. The Hall–Kier alpha value is -1.56. The number of nitrogens with two attached hydrogens (primary N) is 1. The largest absolute Gasteiger partial charge is 0.326 e. The minimum atomic E-state index is 0.502. The fraction of sp³-hybridized carbons (Fsp3) is 0.143. The van der Waals surface area contributed by atoms with Crippen LogP contribution in [0.2, 0.25) is 5.02 Å². The van der Waals surface area contributed by atoms with Gasteiger partial charge in [-0.1, -0.05) is 41.6 Å². The van der Waals surface area contributed by atoms with Gasteiger partial charge in [-0.3, -0.25) is 4.40 Å². The SMILES string of the molecule is NCc1ccc(CSc2nnc3ccccn23)c(Cl)c1. The second-order valence-corrected chi connectivity index (χ2v) is 5.68. The van der Waals surface area contributed by atoms with E-state index in [0.717, 1.165) is 32.7 Å². The molecule has 4 nitrogen and oxygen atoms in total. The molecule has 2 aromatic heterocycles. The van der Waals surface area contributed by atoms with Gasteiger partial charge in [0.2, 0.25) is 0 Å². The number of nitrogens with zero attached hydrogens (tertiary/aromatic N) is 3. The van der Waals surface area contributed by atoms with Crippen molar-refractivity contribution >= 4 is 29.0 Å². The van der Waals surface area contributed by atoms with Crippen LogP contribution in [0.3, 0.4) is 0 Å². The summed E-state index contributed by atoms with van der Waals surface area (Å²) in [6.07, 6.45) is 1.96. The van der Waals surface area contributed by atoms with E-state index < -0.39 is 0 Å². The maximum Gasteiger partial charge on any atom is 0.195 e. The van der Waals surface area contributed by atoms with E-state index in [-0.39, 0.29) is 0 Å². The van der Waals surface area contributed by atoms with E-state index in [0.29, 0.717) is 6.54 Å². The van der Waals surface area contributed by atoms with Crippen LogP contribution in [-0.2, 0) is 12.3 Å². The molecule has 0 aliphatic heterocycles. The molecule has 3 aromatic rings. The number of fused-ring (bicyclic) bond motifs is 1. The first-order chi connectivity index (χ1) is 9.78. The lowest BCUT2D eigenvalue weighted by molar-refractivity contribution is 0.921. The van der Waals surface area contributed by atoms with E-state index >= 15 is 0 Å². The van der Waals surface area contributed by atoms with Crippen molar-refractivity contribution in [3.05, 3.63) is 58.7 Å². The molecule has 3 rings (SSSR count). The zero-order valence-electron chi connectivity index (χ0n) is 10.7. The highest BCUT2D eigenvalue weighted by atomic mass is 35.5. The van der Waals surface area contributed by atoms with E-state index in [1.165, 1.54) is 0 Å². The fourth-order valence-electron chi connectivity index (χ4n) is 1.90. The summed E-state index contributed by atoms with van der Waals surface area (Å²) in [4.78, 5) is 0. The van der Waals surface area contributed by atoms with E-state index in [1.807, 2.05) is 47.0 Å². The van der Waals surface area contributed by atoms with Crippen LogP contribution >= 0.6 is 23.4 Å². The molecule has 0 unspecified atom stereocenters. The smallest absolute Gasteiger partial charge is 0.195 e. The zero-order valence-corrected chi connectivity index (χ0v) is 12.2. The van der Waals surface area contributed by atoms with Gasteiger partial charge in [-0.2, -0.15) is 0 Å². The van der Waals surface area contributed by atoms with Gasteiger partial charge in [0.15, 0.2) is 10.8 Å². The monoisotopic (exact) mass is 304 g/mol. The van der Waals surface area contributed by atoms with Crippen molar-refractivity contribution in [2.24, 2.45) is 5.73 Å². The zero-order chi connectivity index (χ0) is 13.9. The number of pyridine rings is 1. The molecule has 6 heteroatoms. The average molecular weight is 305 g/mol. The van der Waals surface area contributed by atoms with Gasteiger partial charge < -0.3 is 5.73 Å². The third-order valence-electron chi connectivity index (χ3n) is 2.99. The molecular formula is C14H13ClN4S. The number of thioether (sulfide) groups is 1. The molecular weight excluding hydrogens is 292 g/mol. The number of rotatable bonds is 4. The molecule has 0 radical (unpaired) electrons. The molecule has 0 bridgehead atoms. The second kappa shape index (κ2) is 5.83. The Kier molecular flexibility index (Phi) is 3.91. The van der Waals surface area contributed by atoms with Crippen LogP contribution in [0.15, 0.2) is 47.8 Å². The lowest BCUT2D eigenvalue weighted by Crippen LogP contribution is -1.96. The van der Waals surface area contributed by atoms with Crippen molar-refractivity contribution in [1.82, 2.24) is 14.6 Å². The Morgan fingerprint density at radius 2 is 2.10 bits per heavy atom. The van der Waals surface area contributed by atoms with Gasteiger partial charge in [0.1, 0.15) is 0 Å². The minimum absolute atomic E-state index is 0.502. The Labute approximate surface area is 126 Å². The molecule has 0 saturated carbocycles. The van der Waals surface area contributed by atoms with Crippen LogP contribution in [0.4, 0.5) is 0 Å². The number of hydrogen-bond donors (Lipinski definition) is 1. The number of benzene rings is 1. The van der Waals surface area contributed by atoms with Gasteiger partial charge in [-0.15, -0.1) is 10.2 Å². The summed E-state index contributed by atoms with van der Waals surface area (Å²) in [5.74, 6) is 0.749. The fourth-order valence-corrected chi connectivity index (χ4v) is 3.17. The van der Waals surface area contributed by atoms with Crippen LogP contribution in [0.25, 0.3) is 5.65 Å². The van der Waals surface area contributed by atoms with Gasteiger partial charge in [-0.05, 0) is 29.3 Å². The Morgan fingerprint density at radius 3 is 2.90 bits per heavy atom. The van der Waals surface area contributed by atoms with E-state index in [2.05, 4.69) is 10.2 Å². The maximum absolute atomic E-state index is 6.25. The highest BCUT2D eigenvalue weighted by molar-refractivity contribution is 7.98. The first kappa shape index (κ1) is 13.4. The van der Waals surface area contributed by atoms with Crippen molar-refractivity contribution in [1.29, 1.82) is 0 Å². The summed E-state index contributed by atoms with van der Waals surface area (Å²) in [7, 11) is 0. The number of halogens is 1. The average Bonchev–Trinajstić information content (AvgIpc) is 2.89. The van der Waals surface area contributed by atoms with Crippen molar-refractivity contribution in [2.45, 2.75) is 17.5 Å². The van der Waals surface area contributed by atoms with Crippen molar-refractivity contribution in [3.8, 4) is 0 Å². The summed E-state index contributed by atoms with van der Waals surface area (Å²) < 4.78 is 1.97. The van der Waals surface area contributed by atoms with Crippen molar-refractivity contribution in [3.63, 3.8) is 0 Å². The van der Waals surface area contributed by atoms with Gasteiger partial charge in [-0.25, -0.2) is 0 Å². The van der Waals surface area contributed by atoms with Gasteiger partial charge >= 0.3 is 0 Å². The summed E-state index contributed by atoms with van der Waals surface area (Å²) in [6, 6.07) is 11.8. The van der Waals surface area contributed by atoms with Crippen LogP contribution < -0.4 is 5.73 Å². The van der Waals surface area contributed by atoms with Crippen LogP contribution in [0.5, 0.6) is 0 Å². The summed E-state index contributed by atoms with van der Waals surface area (Å²) >= 11 is 7.87. The lowest BCUT2D eigenvalue weighted by Gasteiger charge is -2.05. The normalized spacial score (nSPS) is 11.1. The predicted molar refractivity (Wildman–Crippen MR) is 81.9 cm³/mol. The third-order valence-corrected chi connectivity index (χ3v) is 4.34. The first-order valence-electron chi connectivity index (χ1n) is 6.18. The molecule has 0 spiro atoms. The van der Waals surface area contributed by atoms with Gasteiger partial charge in [0.05, 0.1) is 0 Å². The number of aromatic nitrogens is 3. The maximum atomic E-state index is 6.25. The van der Waals surface area contributed by atoms with Crippen molar-refractivity contribution < 1.29 is 0 Å². The summed E-state index contributed by atoms with van der Waals surface area (Å²) in [6.45, 7) is 0.502. The van der Waals surface area contributed by atoms with Crippen LogP contribution in [0.1, 0.15) is 11.1 Å².